The van der Waals surface area contributed by atoms with Gasteiger partial charge >= 0.3 is 0 Å². The minimum atomic E-state index is -0.296. The Kier molecular flexibility index (Phi) is 7.23. The van der Waals surface area contributed by atoms with Gasteiger partial charge in [-0.15, -0.1) is 0 Å². The Balaban J connectivity index is 1.75. The fraction of sp³-hybridized carbons (Fsp3) is 0.333. The van der Waals surface area contributed by atoms with E-state index >= 15 is 0 Å². The van der Waals surface area contributed by atoms with Crippen molar-refractivity contribution in [1.29, 1.82) is 0 Å². The molecule has 0 aliphatic carbocycles. The van der Waals surface area contributed by atoms with E-state index in [1.165, 1.54) is 11.1 Å². The number of para-hydroxylation sites is 2. The normalized spacial score (nSPS) is 18.0. The van der Waals surface area contributed by atoms with Crippen LogP contribution in [0.15, 0.2) is 84.9 Å². The second-order valence-electron chi connectivity index (χ2n) is 7.67. The van der Waals surface area contributed by atoms with Crippen LogP contribution in [0, 0.1) is 0 Å². The van der Waals surface area contributed by atoms with Gasteiger partial charge in [-0.2, -0.15) is 0 Å². The Bertz CT molecular complexity index is 925. The molecule has 0 N–H and O–H groups in total. The van der Waals surface area contributed by atoms with Crippen molar-refractivity contribution in [3.05, 3.63) is 96.1 Å². The first-order chi connectivity index (χ1) is 15.3. The SMILES string of the molecule is CCOC(CN1c2ccccc2OC(c2ccccc2)C1Cc1ccccc1)OCC. The Morgan fingerprint density at radius 3 is 2.10 bits per heavy atom. The van der Waals surface area contributed by atoms with Crippen LogP contribution in [-0.2, 0) is 15.9 Å². The Morgan fingerprint density at radius 1 is 0.806 bits per heavy atom. The molecular formula is C27H31NO3. The van der Waals surface area contributed by atoms with E-state index in [0.717, 1.165) is 17.9 Å². The summed E-state index contributed by atoms with van der Waals surface area (Å²) in [7, 11) is 0. The molecular weight excluding hydrogens is 386 g/mol. The van der Waals surface area contributed by atoms with Gasteiger partial charge in [-0.05, 0) is 43.5 Å². The van der Waals surface area contributed by atoms with E-state index in [9.17, 15) is 0 Å². The lowest BCUT2D eigenvalue weighted by Gasteiger charge is -2.45. The molecule has 0 aromatic heterocycles. The highest BCUT2D eigenvalue weighted by molar-refractivity contribution is 5.62. The summed E-state index contributed by atoms with van der Waals surface area (Å²) in [6, 6.07) is 29.5. The van der Waals surface area contributed by atoms with Crippen LogP contribution in [0.4, 0.5) is 5.69 Å². The predicted molar refractivity (Wildman–Crippen MR) is 125 cm³/mol. The van der Waals surface area contributed by atoms with Crippen molar-refractivity contribution in [2.45, 2.75) is 38.7 Å². The van der Waals surface area contributed by atoms with E-state index < -0.39 is 0 Å². The number of rotatable bonds is 9. The van der Waals surface area contributed by atoms with Crippen molar-refractivity contribution in [3.8, 4) is 5.75 Å². The molecule has 3 aromatic rings. The lowest BCUT2D eigenvalue weighted by molar-refractivity contribution is -0.131. The summed E-state index contributed by atoms with van der Waals surface area (Å²) in [4.78, 5) is 2.42. The van der Waals surface area contributed by atoms with E-state index in [-0.39, 0.29) is 18.4 Å². The summed E-state index contributed by atoms with van der Waals surface area (Å²) in [5, 5.41) is 0. The van der Waals surface area contributed by atoms with Gasteiger partial charge < -0.3 is 19.1 Å². The van der Waals surface area contributed by atoms with Crippen LogP contribution < -0.4 is 9.64 Å². The summed E-state index contributed by atoms with van der Waals surface area (Å²) in [5.41, 5.74) is 3.54. The van der Waals surface area contributed by atoms with Crippen LogP contribution in [0.1, 0.15) is 31.1 Å². The molecule has 2 atom stereocenters. The number of hydrogen-bond acceptors (Lipinski definition) is 4. The Labute approximate surface area is 185 Å². The lowest BCUT2D eigenvalue weighted by Crippen LogP contribution is -2.50. The maximum Gasteiger partial charge on any atom is 0.174 e. The average molecular weight is 418 g/mol. The van der Waals surface area contributed by atoms with Gasteiger partial charge in [-0.25, -0.2) is 0 Å². The Morgan fingerprint density at radius 2 is 1.42 bits per heavy atom. The largest absolute Gasteiger partial charge is 0.481 e. The number of benzene rings is 3. The molecule has 4 nitrogen and oxygen atoms in total. The van der Waals surface area contributed by atoms with Crippen LogP contribution in [0.25, 0.3) is 0 Å². The first kappa shape index (κ1) is 21.4. The van der Waals surface area contributed by atoms with Gasteiger partial charge in [0.25, 0.3) is 0 Å². The molecule has 1 aliphatic heterocycles. The second kappa shape index (κ2) is 10.5. The Hall–Kier alpha value is -2.82. The summed E-state index contributed by atoms with van der Waals surface area (Å²) in [5.74, 6) is 0.896. The molecule has 0 amide bonds. The minimum Gasteiger partial charge on any atom is -0.481 e. The molecule has 31 heavy (non-hydrogen) atoms. The molecule has 3 aromatic carbocycles. The van der Waals surface area contributed by atoms with Gasteiger partial charge in [0.1, 0.15) is 11.9 Å². The van der Waals surface area contributed by atoms with Gasteiger partial charge in [0, 0.05) is 13.2 Å². The molecule has 0 bridgehead atoms. The third kappa shape index (κ3) is 5.09. The third-order valence-corrected chi connectivity index (χ3v) is 5.65. The van der Waals surface area contributed by atoms with E-state index in [2.05, 4.69) is 71.6 Å². The van der Waals surface area contributed by atoms with Gasteiger partial charge in [0.15, 0.2) is 6.29 Å². The molecule has 0 spiro atoms. The van der Waals surface area contributed by atoms with Gasteiger partial charge in [-0.3, -0.25) is 0 Å². The zero-order chi connectivity index (χ0) is 21.5. The zero-order valence-corrected chi connectivity index (χ0v) is 18.3. The van der Waals surface area contributed by atoms with Crippen molar-refractivity contribution in [3.63, 3.8) is 0 Å². The molecule has 4 heteroatoms. The summed E-state index contributed by atoms with van der Waals surface area (Å²) >= 11 is 0. The van der Waals surface area contributed by atoms with Gasteiger partial charge in [0.05, 0.1) is 18.3 Å². The predicted octanol–water partition coefficient (Wildman–Crippen LogP) is 5.64. The quantitative estimate of drug-likeness (QED) is 0.422. The zero-order valence-electron chi connectivity index (χ0n) is 18.3. The number of anilines is 1. The first-order valence-corrected chi connectivity index (χ1v) is 11.1. The van der Waals surface area contributed by atoms with Crippen molar-refractivity contribution in [1.82, 2.24) is 0 Å². The van der Waals surface area contributed by atoms with Crippen LogP contribution in [0.3, 0.4) is 0 Å². The molecule has 1 aliphatic rings. The van der Waals surface area contributed by atoms with Crippen LogP contribution in [0.2, 0.25) is 0 Å². The van der Waals surface area contributed by atoms with E-state index in [4.69, 9.17) is 14.2 Å². The topological polar surface area (TPSA) is 30.9 Å². The highest BCUT2D eigenvalue weighted by Gasteiger charge is 2.38. The number of fused-ring (bicyclic) bond motifs is 1. The fourth-order valence-corrected chi connectivity index (χ4v) is 4.28. The molecule has 0 saturated carbocycles. The molecule has 1 heterocycles. The van der Waals surface area contributed by atoms with Crippen LogP contribution in [0.5, 0.6) is 5.75 Å². The van der Waals surface area contributed by atoms with Crippen molar-refractivity contribution >= 4 is 5.69 Å². The first-order valence-electron chi connectivity index (χ1n) is 11.1. The second-order valence-corrected chi connectivity index (χ2v) is 7.67. The summed E-state index contributed by atoms with van der Waals surface area (Å²) in [6.07, 6.45) is 0.468. The average Bonchev–Trinajstić information content (AvgIpc) is 2.82. The van der Waals surface area contributed by atoms with Crippen LogP contribution >= 0.6 is 0 Å². The highest BCUT2D eigenvalue weighted by atomic mass is 16.7. The number of nitrogens with zero attached hydrogens (tertiary/aromatic N) is 1. The molecule has 4 rings (SSSR count). The smallest absolute Gasteiger partial charge is 0.174 e. The standard InChI is InChI=1S/C27H31NO3/c1-3-29-26(30-4-2)20-28-23-17-11-12-18-25(23)31-27(22-15-9-6-10-16-22)24(28)19-21-13-7-5-8-14-21/h5-18,24,26-27H,3-4,19-20H2,1-2H3. The van der Waals surface area contributed by atoms with Gasteiger partial charge in [-0.1, -0.05) is 72.8 Å². The van der Waals surface area contributed by atoms with E-state index in [0.29, 0.717) is 19.8 Å². The molecule has 0 radical (unpaired) electrons. The monoisotopic (exact) mass is 417 g/mol. The van der Waals surface area contributed by atoms with Crippen molar-refractivity contribution in [2.24, 2.45) is 0 Å². The molecule has 0 saturated heterocycles. The summed E-state index contributed by atoms with van der Waals surface area (Å²) in [6.45, 7) is 5.88. The number of hydrogen-bond donors (Lipinski definition) is 0. The number of ether oxygens (including phenoxy) is 3. The van der Waals surface area contributed by atoms with Crippen molar-refractivity contribution in [2.75, 3.05) is 24.7 Å². The van der Waals surface area contributed by atoms with Crippen LogP contribution in [-0.4, -0.2) is 32.1 Å². The van der Waals surface area contributed by atoms with Gasteiger partial charge in [0.2, 0.25) is 0 Å². The minimum absolute atomic E-state index is 0.0970. The van der Waals surface area contributed by atoms with Crippen molar-refractivity contribution < 1.29 is 14.2 Å². The van der Waals surface area contributed by atoms with E-state index in [1.54, 1.807) is 0 Å². The molecule has 2 unspecified atom stereocenters. The molecule has 162 valence electrons. The summed E-state index contributed by atoms with van der Waals surface area (Å²) < 4.78 is 18.5. The highest BCUT2D eigenvalue weighted by Crippen LogP contribution is 2.42. The molecule has 0 fully saturated rings. The fourth-order valence-electron chi connectivity index (χ4n) is 4.28. The van der Waals surface area contributed by atoms with E-state index in [1.807, 2.05) is 32.0 Å². The maximum absolute atomic E-state index is 6.61. The third-order valence-electron chi connectivity index (χ3n) is 5.65. The lowest BCUT2D eigenvalue weighted by atomic mass is 9.92. The maximum atomic E-state index is 6.61.